The Morgan fingerprint density at radius 1 is 1.38 bits per heavy atom. The van der Waals surface area contributed by atoms with E-state index in [1.54, 1.807) is 0 Å². The lowest BCUT2D eigenvalue weighted by Gasteiger charge is -2.20. The molecule has 1 rings (SSSR count). The fourth-order valence-corrected chi connectivity index (χ4v) is 1.91. The Morgan fingerprint density at radius 3 is 2.85 bits per heavy atom. The minimum absolute atomic E-state index is 0.107. The zero-order chi connectivity index (χ0) is 9.68. The molecule has 1 aliphatic heterocycles. The van der Waals surface area contributed by atoms with Crippen LogP contribution in [0, 0.1) is 11.8 Å². The van der Waals surface area contributed by atoms with Gasteiger partial charge >= 0.3 is 0 Å². The molecule has 2 N–H and O–H groups in total. The van der Waals surface area contributed by atoms with Crippen LogP contribution in [0.5, 0.6) is 0 Å². The van der Waals surface area contributed by atoms with Gasteiger partial charge in [-0.15, -0.1) is 0 Å². The van der Waals surface area contributed by atoms with E-state index in [-0.39, 0.29) is 6.10 Å². The van der Waals surface area contributed by atoms with E-state index in [4.69, 9.17) is 0 Å². The van der Waals surface area contributed by atoms with Gasteiger partial charge in [-0.1, -0.05) is 20.3 Å². The van der Waals surface area contributed by atoms with Crippen LogP contribution in [0.25, 0.3) is 0 Å². The van der Waals surface area contributed by atoms with Crippen molar-refractivity contribution in [3.8, 4) is 0 Å². The van der Waals surface area contributed by atoms with E-state index in [0.29, 0.717) is 11.8 Å². The van der Waals surface area contributed by atoms with Crippen LogP contribution in [0.4, 0.5) is 0 Å². The quantitative estimate of drug-likeness (QED) is 0.702. The highest BCUT2D eigenvalue weighted by Crippen LogP contribution is 2.19. The van der Waals surface area contributed by atoms with E-state index in [1.807, 2.05) is 0 Å². The first-order chi connectivity index (χ1) is 6.20. The van der Waals surface area contributed by atoms with Crippen molar-refractivity contribution in [2.75, 3.05) is 13.1 Å². The van der Waals surface area contributed by atoms with Crippen LogP contribution >= 0.6 is 0 Å². The van der Waals surface area contributed by atoms with Gasteiger partial charge in [0.2, 0.25) is 0 Å². The molecule has 2 nitrogen and oxygen atoms in total. The van der Waals surface area contributed by atoms with E-state index >= 15 is 0 Å². The number of aliphatic hydroxyl groups excluding tert-OH is 1. The minimum Gasteiger partial charge on any atom is -0.393 e. The molecule has 0 aromatic carbocycles. The van der Waals surface area contributed by atoms with Crippen molar-refractivity contribution >= 4 is 0 Å². The number of hydrogen-bond donors (Lipinski definition) is 2. The molecule has 1 fully saturated rings. The van der Waals surface area contributed by atoms with Crippen LogP contribution in [0.15, 0.2) is 0 Å². The number of hydrogen-bond acceptors (Lipinski definition) is 2. The molecule has 13 heavy (non-hydrogen) atoms. The van der Waals surface area contributed by atoms with Crippen molar-refractivity contribution in [3.63, 3.8) is 0 Å². The molecule has 1 saturated heterocycles. The van der Waals surface area contributed by atoms with Crippen molar-refractivity contribution in [2.45, 2.75) is 45.6 Å². The lowest BCUT2D eigenvalue weighted by atomic mass is 9.92. The fraction of sp³-hybridized carbons (Fsp3) is 1.00. The molecular weight excluding hydrogens is 162 g/mol. The number of rotatable bonds is 3. The van der Waals surface area contributed by atoms with Crippen molar-refractivity contribution in [1.29, 1.82) is 0 Å². The van der Waals surface area contributed by atoms with Gasteiger partial charge in [0, 0.05) is 0 Å². The van der Waals surface area contributed by atoms with Gasteiger partial charge in [-0.3, -0.25) is 0 Å². The monoisotopic (exact) mass is 185 g/mol. The largest absolute Gasteiger partial charge is 0.393 e. The molecular formula is C11H23NO. The molecule has 0 radical (unpaired) electrons. The van der Waals surface area contributed by atoms with Gasteiger partial charge in [0.1, 0.15) is 0 Å². The second-order valence-corrected chi connectivity index (χ2v) is 4.61. The van der Waals surface area contributed by atoms with Crippen molar-refractivity contribution in [1.82, 2.24) is 5.32 Å². The molecule has 2 heteroatoms. The van der Waals surface area contributed by atoms with Crippen LogP contribution in [0.1, 0.15) is 39.5 Å². The Hall–Kier alpha value is -0.0800. The van der Waals surface area contributed by atoms with Gasteiger partial charge in [-0.25, -0.2) is 0 Å². The highest BCUT2D eigenvalue weighted by atomic mass is 16.3. The minimum atomic E-state index is -0.107. The summed E-state index contributed by atoms with van der Waals surface area (Å²) < 4.78 is 0. The maximum atomic E-state index is 9.74. The first-order valence-corrected chi connectivity index (χ1v) is 5.59. The highest BCUT2D eigenvalue weighted by molar-refractivity contribution is 4.72. The number of nitrogens with one attached hydrogen (secondary N) is 1. The molecule has 0 bridgehead atoms. The standard InChI is InChI=1S/C11H23NO/c1-9(2)11(13)7-10-5-3-4-6-12-8-10/h9-13H,3-8H2,1-2H3. The molecule has 0 saturated carbocycles. The second-order valence-electron chi connectivity index (χ2n) is 4.61. The highest BCUT2D eigenvalue weighted by Gasteiger charge is 2.18. The average molecular weight is 185 g/mol. The smallest absolute Gasteiger partial charge is 0.0566 e. The van der Waals surface area contributed by atoms with E-state index in [0.717, 1.165) is 19.5 Å². The summed E-state index contributed by atoms with van der Waals surface area (Å²) in [5.41, 5.74) is 0. The van der Waals surface area contributed by atoms with Crippen molar-refractivity contribution in [3.05, 3.63) is 0 Å². The summed E-state index contributed by atoms with van der Waals surface area (Å²) in [4.78, 5) is 0. The third-order valence-electron chi connectivity index (χ3n) is 2.99. The summed E-state index contributed by atoms with van der Waals surface area (Å²) in [6, 6.07) is 0. The molecule has 78 valence electrons. The maximum Gasteiger partial charge on any atom is 0.0566 e. The summed E-state index contributed by atoms with van der Waals surface area (Å²) in [5.74, 6) is 1.10. The second kappa shape index (κ2) is 5.61. The van der Waals surface area contributed by atoms with Crippen LogP contribution < -0.4 is 5.32 Å². The number of aliphatic hydroxyl groups is 1. The Balaban J connectivity index is 2.25. The van der Waals surface area contributed by atoms with Crippen LogP contribution in [0.2, 0.25) is 0 Å². The molecule has 1 aliphatic rings. The Kier molecular flexibility index (Phi) is 4.74. The summed E-state index contributed by atoms with van der Waals surface area (Å²) >= 11 is 0. The topological polar surface area (TPSA) is 32.3 Å². The van der Waals surface area contributed by atoms with Gasteiger partial charge in [-0.05, 0) is 44.2 Å². The van der Waals surface area contributed by atoms with Crippen molar-refractivity contribution in [2.24, 2.45) is 11.8 Å². The zero-order valence-corrected chi connectivity index (χ0v) is 8.92. The lowest BCUT2D eigenvalue weighted by molar-refractivity contribution is 0.0959. The van der Waals surface area contributed by atoms with E-state index in [1.165, 1.54) is 19.3 Å². The van der Waals surface area contributed by atoms with Crippen LogP contribution in [0.3, 0.4) is 0 Å². The zero-order valence-electron chi connectivity index (χ0n) is 8.92. The first kappa shape index (κ1) is 11.0. The normalized spacial score (nSPS) is 27.2. The lowest BCUT2D eigenvalue weighted by Crippen LogP contribution is -2.26. The molecule has 0 aromatic heterocycles. The summed E-state index contributed by atoms with van der Waals surface area (Å²) in [6.07, 6.45) is 4.78. The molecule has 0 aliphatic carbocycles. The SMILES string of the molecule is CC(C)C(O)CC1CCCCNC1. The van der Waals surface area contributed by atoms with Gasteiger partial charge in [0.25, 0.3) is 0 Å². The van der Waals surface area contributed by atoms with Gasteiger partial charge in [0.05, 0.1) is 6.10 Å². The third kappa shape index (κ3) is 4.10. The third-order valence-corrected chi connectivity index (χ3v) is 2.99. The van der Waals surface area contributed by atoms with Crippen molar-refractivity contribution < 1.29 is 5.11 Å². The Morgan fingerprint density at radius 2 is 2.15 bits per heavy atom. The molecule has 2 unspecified atom stereocenters. The van der Waals surface area contributed by atoms with E-state index in [2.05, 4.69) is 19.2 Å². The van der Waals surface area contributed by atoms with E-state index in [9.17, 15) is 5.11 Å². The van der Waals surface area contributed by atoms with E-state index < -0.39 is 0 Å². The molecule has 1 heterocycles. The molecule has 0 spiro atoms. The van der Waals surface area contributed by atoms with Crippen LogP contribution in [-0.2, 0) is 0 Å². The summed E-state index contributed by atoms with van der Waals surface area (Å²) in [7, 11) is 0. The predicted molar refractivity (Wildman–Crippen MR) is 55.7 cm³/mol. The van der Waals surface area contributed by atoms with Gasteiger partial charge < -0.3 is 10.4 Å². The molecule has 2 atom stereocenters. The van der Waals surface area contributed by atoms with Crippen LogP contribution in [-0.4, -0.2) is 24.3 Å². The van der Waals surface area contributed by atoms with Gasteiger partial charge in [-0.2, -0.15) is 0 Å². The molecule has 0 aromatic rings. The maximum absolute atomic E-state index is 9.74. The molecule has 0 amide bonds. The first-order valence-electron chi connectivity index (χ1n) is 5.59. The summed E-state index contributed by atoms with van der Waals surface area (Å²) in [6.45, 7) is 6.45. The summed E-state index contributed by atoms with van der Waals surface area (Å²) in [5, 5.41) is 13.2. The fourth-order valence-electron chi connectivity index (χ4n) is 1.91. The van der Waals surface area contributed by atoms with Gasteiger partial charge in [0.15, 0.2) is 0 Å². The Bertz CT molecular complexity index is 128. The Labute approximate surface area is 81.7 Å². The average Bonchev–Trinajstić information content (AvgIpc) is 2.32. The predicted octanol–water partition coefficient (Wildman–Crippen LogP) is 1.78.